The van der Waals surface area contributed by atoms with E-state index >= 15 is 0 Å². The first kappa shape index (κ1) is 10.1. The van der Waals surface area contributed by atoms with Crippen LogP contribution in [0.15, 0.2) is 30.5 Å². The van der Waals surface area contributed by atoms with E-state index in [9.17, 15) is 5.11 Å². The van der Waals surface area contributed by atoms with Crippen LogP contribution in [-0.2, 0) is 6.54 Å². The van der Waals surface area contributed by atoms with Crippen molar-refractivity contribution in [2.75, 3.05) is 5.73 Å². The number of rotatable bonds is 2. The minimum absolute atomic E-state index is 0.569. The molecule has 3 heteroatoms. The number of hydrogen-bond donors (Lipinski definition) is 2. The Hall–Kier alpha value is -1.48. The van der Waals surface area contributed by atoms with Crippen LogP contribution in [0.25, 0.3) is 10.9 Å². The van der Waals surface area contributed by atoms with Gasteiger partial charge in [-0.25, -0.2) is 0 Å². The van der Waals surface area contributed by atoms with Crippen molar-refractivity contribution >= 4 is 16.6 Å². The summed E-state index contributed by atoms with van der Waals surface area (Å²) in [4.78, 5) is 0. The molecule has 0 aliphatic heterocycles. The molecule has 0 aliphatic rings. The molecule has 3 N–H and O–H groups in total. The van der Waals surface area contributed by atoms with Crippen LogP contribution in [0.5, 0.6) is 0 Å². The maximum atomic E-state index is 9.77. The summed E-state index contributed by atoms with van der Waals surface area (Å²) in [6, 6.07) is 7.84. The van der Waals surface area contributed by atoms with E-state index in [1.54, 1.807) is 13.8 Å². The third kappa shape index (κ3) is 2.13. The molecule has 80 valence electrons. The van der Waals surface area contributed by atoms with E-state index < -0.39 is 5.60 Å². The summed E-state index contributed by atoms with van der Waals surface area (Å²) in [7, 11) is 0. The summed E-state index contributed by atoms with van der Waals surface area (Å²) < 4.78 is 2.02. The van der Waals surface area contributed by atoms with Gasteiger partial charge in [0.1, 0.15) is 0 Å². The standard InChI is InChI=1S/C12H16N2O/c1-12(2,15)8-14-6-5-9-3-4-10(13)7-11(9)14/h3-7,15H,8,13H2,1-2H3. The molecule has 0 fully saturated rings. The fourth-order valence-electron chi connectivity index (χ4n) is 1.76. The summed E-state index contributed by atoms with van der Waals surface area (Å²) >= 11 is 0. The minimum atomic E-state index is -0.712. The first-order valence-electron chi connectivity index (χ1n) is 5.02. The van der Waals surface area contributed by atoms with E-state index in [4.69, 9.17) is 5.73 Å². The highest BCUT2D eigenvalue weighted by atomic mass is 16.3. The van der Waals surface area contributed by atoms with Crippen LogP contribution in [0.1, 0.15) is 13.8 Å². The molecule has 1 heterocycles. The molecular formula is C12H16N2O. The Morgan fingerprint density at radius 2 is 2.07 bits per heavy atom. The second-order valence-electron chi connectivity index (χ2n) is 4.57. The Morgan fingerprint density at radius 3 is 2.73 bits per heavy atom. The SMILES string of the molecule is CC(C)(O)Cn1ccc2ccc(N)cc21. The summed E-state index contributed by atoms with van der Waals surface area (Å²) in [5.74, 6) is 0. The van der Waals surface area contributed by atoms with Crippen LogP contribution >= 0.6 is 0 Å². The zero-order valence-electron chi connectivity index (χ0n) is 9.07. The average Bonchev–Trinajstić information content (AvgIpc) is 2.46. The number of nitrogen functional groups attached to an aromatic ring is 1. The second kappa shape index (κ2) is 3.28. The molecule has 0 atom stereocenters. The van der Waals surface area contributed by atoms with Crippen LogP contribution in [0.2, 0.25) is 0 Å². The van der Waals surface area contributed by atoms with Crippen molar-refractivity contribution in [1.82, 2.24) is 4.57 Å². The molecule has 0 radical (unpaired) electrons. The van der Waals surface area contributed by atoms with Gasteiger partial charge in [0.2, 0.25) is 0 Å². The number of nitrogens with two attached hydrogens (primary N) is 1. The van der Waals surface area contributed by atoms with E-state index in [1.807, 2.05) is 35.0 Å². The molecule has 0 amide bonds. The molecule has 0 unspecified atom stereocenters. The van der Waals surface area contributed by atoms with E-state index in [1.165, 1.54) is 0 Å². The Morgan fingerprint density at radius 1 is 1.33 bits per heavy atom. The third-order valence-corrected chi connectivity index (χ3v) is 2.36. The quantitative estimate of drug-likeness (QED) is 0.735. The van der Waals surface area contributed by atoms with Crippen LogP contribution < -0.4 is 5.73 Å². The Balaban J connectivity index is 2.48. The first-order valence-corrected chi connectivity index (χ1v) is 5.02. The van der Waals surface area contributed by atoms with Gasteiger partial charge in [-0.15, -0.1) is 0 Å². The predicted octanol–water partition coefficient (Wildman–Crippen LogP) is 1.99. The van der Waals surface area contributed by atoms with Crippen molar-refractivity contribution < 1.29 is 5.11 Å². The summed E-state index contributed by atoms with van der Waals surface area (Å²) in [6.45, 7) is 4.16. The normalized spacial score (nSPS) is 12.2. The lowest BCUT2D eigenvalue weighted by Gasteiger charge is -2.18. The van der Waals surface area contributed by atoms with Crippen molar-refractivity contribution in [3.8, 4) is 0 Å². The topological polar surface area (TPSA) is 51.2 Å². The first-order chi connectivity index (χ1) is 6.96. The molecule has 1 aromatic carbocycles. The van der Waals surface area contributed by atoms with Gasteiger partial charge >= 0.3 is 0 Å². The van der Waals surface area contributed by atoms with Gasteiger partial charge in [0.15, 0.2) is 0 Å². The van der Waals surface area contributed by atoms with E-state index in [0.29, 0.717) is 6.54 Å². The molecule has 0 saturated carbocycles. The van der Waals surface area contributed by atoms with Crippen molar-refractivity contribution in [2.24, 2.45) is 0 Å². The van der Waals surface area contributed by atoms with Crippen molar-refractivity contribution in [3.63, 3.8) is 0 Å². The lowest BCUT2D eigenvalue weighted by Crippen LogP contribution is -2.25. The predicted molar refractivity (Wildman–Crippen MR) is 62.6 cm³/mol. The number of hydrogen-bond acceptors (Lipinski definition) is 2. The lowest BCUT2D eigenvalue weighted by molar-refractivity contribution is 0.0628. The van der Waals surface area contributed by atoms with E-state index in [0.717, 1.165) is 16.6 Å². The molecule has 1 aromatic heterocycles. The fourth-order valence-corrected chi connectivity index (χ4v) is 1.76. The Labute approximate surface area is 89.1 Å². The highest BCUT2D eigenvalue weighted by molar-refractivity contribution is 5.83. The zero-order valence-corrected chi connectivity index (χ0v) is 9.07. The highest BCUT2D eigenvalue weighted by Crippen LogP contribution is 2.20. The van der Waals surface area contributed by atoms with Gasteiger partial charge in [0, 0.05) is 11.9 Å². The monoisotopic (exact) mass is 204 g/mol. The smallest absolute Gasteiger partial charge is 0.0769 e. The van der Waals surface area contributed by atoms with Crippen molar-refractivity contribution in [3.05, 3.63) is 30.5 Å². The summed E-state index contributed by atoms with van der Waals surface area (Å²) in [5.41, 5.74) is 6.84. The number of benzene rings is 1. The Kier molecular flexibility index (Phi) is 2.20. The van der Waals surface area contributed by atoms with Gasteiger partial charge in [0.25, 0.3) is 0 Å². The van der Waals surface area contributed by atoms with Crippen LogP contribution in [0.4, 0.5) is 5.69 Å². The van der Waals surface area contributed by atoms with Crippen molar-refractivity contribution in [2.45, 2.75) is 26.0 Å². The molecular weight excluding hydrogens is 188 g/mol. The van der Waals surface area contributed by atoms with Crippen LogP contribution in [0.3, 0.4) is 0 Å². The molecule has 2 aromatic rings. The van der Waals surface area contributed by atoms with Crippen molar-refractivity contribution in [1.29, 1.82) is 0 Å². The average molecular weight is 204 g/mol. The number of aliphatic hydroxyl groups is 1. The summed E-state index contributed by atoms with van der Waals surface area (Å²) in [6.07, 6.45) is 1.97. The van der Waals surface area contributed by atoms with Crippen LogP contribution in [-0.4, -0.2) is 15.3 Å². The molecule has 3 nitrogen and oxygen atoms in total. The zero-order chi connectivity index (χ0) is 11.1. The fraction of sp³-hybridized carbons (Fsp3) is 0.333. The molecule has 0 bridgehead atoms. The highest BCUT2D eigenvalue weighted by Gasteiger charge is 2.14. The number of anilines is 1. The van der Waals surface area contributed by atoms with Crippen LogP contribution in [0, 0.1) is 0 Å². The van der Waals surface area contributed by atoms with Gasteiger partial charge in [-0.05, 0) is 37.4 Å². The molecule has 2 rings (SSSR count). The molecule has 0 aliphatic carbocycles. The molecule has 15 heavy (non-hydrogen) atoms. The number of fused-ring (bicyclic) bond motifs is 1. The third-order valence-electron chi connectivity index (χ3n) is 2.36. The Bertz CT molecular complexity index is 480. The van der Waals surface area contributed by atoms with Gasteiger partial charge in [0.05, 0.1) is 17.7 Å². The summed E-state index contributed by atoms with van der Waals surface area (Å²) in [5, 5.41) is 10.9. The second-order valence-corrected chi connectivity index (χ2v) is 4.57. The van der Waals surface area contributed by atoms with Gasteiger partial charge in [-0.3, -0.25) is 0 Å². The lowest BCUT2D eigenvalue weighted by atomic mass is 10.1. The van der Waals surface area contributed by atoms with Gasteiger partial charge in [-0.1, -0.05) is 6.07 Å². The maximum Gasteiger partial charge on any atom is 0.0769 e. The van der Waals surface area contributed by atoms with Gasteiger partial charge in [-0.2, -0.15) is 0 Å². The number of nitrogens with zero attached hydrogens (tertiary/aromatic N) is 1. The minimum Gasteiger partial charge on any atom is -0.399 e. The van der Waals surface area contributed by atoms with E-state index in [-0.39, 0.29) is 0 Å². The number of aromatic nitrogens is 1. The largest absolute Gasteiger partial charge is 0.399 e. The van der Waals surface area contributed by atoms with E-state index in [2.05, 4.69) is 0 Å². The molecule has 0 saturated heterocycles. The van der Waals surface area contributed by atoms with Gasteiger partial charge < -0.3 is 15.4 Å². The maximum absolute atomic E-state index is 9.77. The molecule has 0 spiro atoms.